The van der Waals surface area contributed by atoms with Crippen molar-refractivity contribution in [2.24, 2.45) is 0 Å². The fraction of sp³-hybridized carbons (Fsp3) is 0.364. The summed E-state index contributed by atoms with van der Waals surface area (Å²) in [6, 6.07) is 10.4. The highest BCUT2D eigenvalue weighted by atomic mass is 35.5. The summed E-state index contributed by atoms with van der Waals surface area (Å²) >= 11 is 16.8. The number of rotatable bonds is 7. The average molecular weight is 487 g/mol. The van der Waals surface area contributed by atoms with Crippen molar-refractivity contribution >= 4 is 52.2 Å². The summed E-state index contributed by atoms with van der Waals surface area (Å²) in [5.41, 5.74) is 1.63. The SMILES string of the molecule is CCOC(=S)COc1ccc(Cl)cc1C.CCOc1ccc(NC(=O)N(C)C)cc1Cl. The zero-order chi connectivity index (χ0) is 23.4. The first-order valence-corrected chi connectivity index (χ1v) is 10.8. The lowest BCUT2D eigenvalue weighted by atomic mass is 10.2. The van der Waals surface area contributed by atoms with Gasteiger partial charge in [0.1, 0.15) is 11.5 Å². The van der Waals surface area contributed by atoms with Crippen LogP contribution >= 0.6 is 35.4 Å². The van der Waals surface area contributed by atoms with Gasteiger partial charge in [-0.05, 0) is 75.0 Å². The molecule has 0 aromatic heterocycles. The van der Waals surface area contributed by atoms with Crippen LogP contribution in [0.1, 0.15) is 19.4 Å². The van der Waals surface area contributed by atoms with Gasteiger partial charge < -0.3 is 24.4 Å². The summed E-state index contributed by atoms with van der Waals surface area (Å²) in [4.78, 5) is 12.8. The number of benzene rings is 2. The molecular weight excluding hydrogens is 459 g/mol. The Labute approximate surface area is 199 Å². The van der Waals surface area contributed by atoms with Crippen LogP contribution in [-0.4, -0.2) is 49.9 Å². The van der Waals surface area contributed by atoms with Gasteiger partial charge in [0.25, 0.3) is 0 Å². The number of anilines is 1. The van der Waals surface area contributed by atoms with Gasteiger partial charge in [0.05, 0.1) is 18.2 Å². The molecule has 2 amide bonds. The molecule has 2 aromatic carbocycles. The molecule has 0 aliphatic carbocycles. The molecule has 0 saturated carbocycles. The van der Waals surface area contributed by atoms with Gasteiger partial charge in [-0.2, -0.15) is 0 Å². The van der Waals surface area contributed by atoms with E-state index in [1.54, 1.807) is 38.4 Å². The number of carbonyl (C=O) groups is 1. The molecule has 0 atom stereocenters. The minimum atomic E-state index is -0.194. The zero-order valence-electron chi connectivity index (χ0n) is 18.3. The van der Waals surface area contributed by atoms with Crippen molar-refractivity contribution in [3.63, 3.8) is 0 Å². The van der Waals surface area contributed by atoms with Crippen LogP contribution in [0, 0.1) is 6.92 Å². The molecule has 0 unspecified atom stereocenters. The lowest BCUT2D eigenvalue weighted by molar-refractivity contribution is 0.230. The van der Waals surface area contributed by atoms with Gasteiger partial charge in [0.2, 0.25) is 0 Å². The Bertz CT molecular complexity index is 879. The van der Waals surface area contributed by atoms with E-state index >= 15 is 0 Å². The normalized spacial score (nSPS) is 9.77. The monoisotopic (exact) mass is 486 g/mol. The Kier molecular flexibility index (Phi) is 12.1. The number of nitrogens with one attached hydrogen (secondary N) is 1. The maximum absolute atomic E-state index is 11.4. The number of halogens is 2. The van der Waals surface area contributed by atoms with E-state index in [2.05, 4.69) is 5.32 Å². The Morgan fingerprint density at radius 2 is 1.71 bits per heavy atom. The summed E-state index contributed by atoms with van der Waals surface area (Å²) in [5.74, 6) is 1.40. The second kappa shape index (κ2) is 14.0. The number of carbonyl (C=O) groups excluding carboxylic acids is 1. The number of thiocarbonyl (C=S) groups is 1. The van der Waals surface area contributed by atoms with Crippen LogP contribution < -0.4 is 14.8 Å². The van der Waals surface area contributed by atoms with Crippen LogP contribution in [0.5, 0.6) is 11.5 Å². The molecule has 0 fully saturated rings. The standard InChI is InChI=1S/C11H15ClN2O2.C11H13ClO2S/c1-4-16-10-6-5-8(7-9(10)12)13-11(15)14(2)3;1-3-13-11(15)7-14-10-5-4-9(12)6-8(10)2/h5-7H,4H2,1-3H3,(H,13,15);4-6H,3,7H2,1-2H3. The second-order valence-corrected chi connectivity index (χ2v) is 7.71. The second-order valence-electron chi connectivity index (χ2n) is 6.41. The van der Waals surface area contributed by atoms with E-state index in [-0.39, 0.29) is 6.03 Å². The molecule has 0 spiro atoms. The van der Waals surface area contributed by atoms with E-state index in [0.29, 0.717) is 46.4 Å². The molecule has 31 heavy (non-hydrogen) atoms. The van der Waals surface area contributed by atoms with E-state index in [1.165, 1.54) is 4.90 Å². The van der Waals surface area contributed by atoms with E-state index in [1.807, 2.05) is 32.9 Å². The van der Waals surface area contributed by atoms with Crippen LogP contribution in [0.4, 0.5) is 10.5 Å². The molecule has 0 aliphatic heterocycles. The van der Waals surface area contributed by atoms with Gasteiger partial charge in [-0.25, -0.2) is 4.79 Å². The lowest BCUT2D eigenvalue weighted by Crippen LogP contribution is -2.27. The van der Waals surface area contributed by atoms with Gasteiger partial charge in [-0.3, -0.25) is 0 Å². The average Bonchev–Trinajstić information content (AvgIpc) is 2.70. The van der Waals surface area contributed by atoms with Crippen molar-refractivity contribution in [2.45, 2.75) is 20.8 Å². The number of hydrogen-bond donors (Lipinski definition) is 1. The molecule has 170 valence electrons. The molecule has 0 radical (unpaired) electrons. The van der Waals surface area contributed by atoms with Crippen molar-refractivity contribution < 1.29 is 19.0 Å². The highest BCUT2D eigenvalue weighted by Gasteiger charge is 2.07. The third kappa shape index (κ3) is 10.1. The minimum Gasteiger partial charge on any atom is -0.492 e. The summed E-state index contributed by atoms with van der Waals surface area (Å²) in [6.45, 7) is 7.14. The third-order valence-corrected chi connectivity index (χ3v) is 4.44. The quantitative estimate of drug-likeness (QED) is 0.470. The fourth-order valence-corrected chi connectivity index (χ4v) is 2.84. The summed E-state index contributed by atoms with van der Waals surface area (Å²) in [6.07, 6.45) is 0. The first-order chi connectivity index (χ1) is 14.7. The Morgan fingerprint density at radius 3 is 2.26 bits per heavy atom. The third-order valence-electron chi connectivity index (χ3n) is 3.68. The lowest BCUT2D eigenvalue weighted by Gasteiger charge is -2.13. The van der Waals surface area contributed by atoms with Crippen LogP contribution in [0.25, 0.3) is 0 Å². The van der Waals surface area contributed by atoms with Crippen molar-refractivity contribution in [1.29, 1.82) is 0 Å². The highest BCUT2D eigenvalue weighted by molar-refractivity contribution is 7.80. The summed E-state index contributed by atoms with van der Waals surface area (Å²) in [7, 11) is 3.34. The van der Waals surface area contributed by atoms with E-state index < -0.39 is 0 Å². The van der Waals surface area contributed by atoms with E-state index in [0.717, 1.165) is 11.3 Å². The molecular formula is C22H28Cl2N2O4S. The maximum atomic E-state index is 11.4. The number of hydrogen-bond acceptors (Lipinski definition) is 5. The van der Waals surface area contributed by atoms with Gasteiger partial charge in [0, 0.05) is 24.8 Å². The first-order valence-electron chi connectivity index (χ1n) is 9.63. The number of aryl methyl sites for hydroxylation is 1. The summed E-state index contributed by atoms with van der Waals surface area (Å²) in [5, 5.41) is 4.35. The first kappa shape index (κ1) is 26.8. The predicted molar refractivity (Wildman–Crippen MR) is 131 cm³/mol. The highest BCUT2D eigenvalue weighted by Crippen LogP contribution is 2.27. The Balaban J connectivity index is 0.000000311. The number of urea groups is 1. The van der Waals surface area contributed by atoms with Crippen LogP contribution in [0.15, 0.2) is 36.4 Å². The minimum absolute atomic E-state index is 0.194. The molecule has 9 heteroatoms. The summed E-state index contributed by atoms with van der Waals surface area (Å²) < 4.78 is 15.9. The maximum Gasteiger partial charge on any atom is 0.321 e. The van der Waals surface area contributed by atoms with Crippen molar-refractivity contribution in [3.8, 4) is 11.5 Å². The van der Waals surface area contributed by atoms with Crippen molar-refractivity contribution in [2.75, 3.05) is 39.2 Å². The zero-order valence-corrected chi connectivity index (χ0v) is 20.7. The van der Waals surface area contributed by atoms with Gasteiger partial charge in [-0.15, -0.1) is 0 Å². The number of ether oxygens (including phenoxy) is 3. The van der Waals surface area contributed by atoms with E-state index in [9.17, 15) is 4.79 Å². The molecule has 2 rings (SSSR count). The van der Waals surface area contributed by atoms with E-state index in [4.69, 9.17) is 49.6 Å². The van der Waals surface area contributed by atoms with Gasteiger partial charge in [0.15, 0.2) is 11.7 Å². The molecule has 0 bridgehead atoms. The predicted octanol–water partition coefficient (Wildman–Crippen LogP) is 6.22. The number of nitrogens with zero attached hydrogens (tertiary/aromatic N) is 1. The Morgan fingerprint density at radius 1 is 1.03 bits per heavy atom. The molecule has 6 nitrogen and oxygen atoms in total. The van der Waals surface area contributed by atoms with Crippen molar-refractivity contribution in [1.82, 2.24) is 4.90 Å². The fourth-order valence-electron chi connectivity index (χ4n) is 2.20. The van der Waals surface area contributed by atoms with Crippen LogP contribution in [-0.2, 0) is 4.74 Å². The molecule has 0 saturated heterocycles. The smallest absolute Gasteiger partial charge is 0.321 e. The molecule has 2 aromatic rings. The van der Waals surface area contributed by atoms with Gasteiger partial charge in [-0.1, -0.05) is 23.2 Å². The van der Waals surface area contributed by atoms with Crippen LogP contribution in [0.3, 0.4) is 0 Å². The molecule has 0 heterocycles. The molecule has 0 aliphatic rings. The van der Waals surface area contributed by atoms with Crippen molar-refractivity contribution in [3.05, 3.63) is 52.0 Å². The molecule has 1 N–H and O–H groups in total. The van der Waals surface area contributed by atoms with Gasteiger partial charge >= 0.3 is 6.03 Å². The Hall–Kier alpha value is -2.22. The topological polar surface area (TPSA) is 60.0 Å². The number of amides is 2. The largest absolute Gasteiger partial charge is 0.492 e. The van der Waals surface area contributed by atoms with Crippen LogP contribution in [0.2, 0.25) is 10.0 Å².